The molecule has 3 rings (SSSR count). The zero-order valence-corrected chi connectivity index (χ0v) is 12.1. The van der Waals surface area contributed by atoms with Crippen LogP contribution >= 0.6 is 11.6 Å². The zero-order chi connectivity index (χ0) is 15.0. The maximum atomic E-state index is 12.4. The molecule has 5 heteroatoms. The number of hydrogen-bond acceptors (Lipinski definition) is 2. The van der Waals surface area contributed by atoms with Crippen molar-refractivity contribution in [3.8, 4) is 5.75 Å². The number of rotatable bonds is 2. The highest BCUT2D eigenvalue weighted by Gasteiger charge is 2.14. The Morgan fingerprint density at radius 2 is 1.95 bits per heavy atom. The number of para-hydroxylation sites is 1. The molecule has 0 unspecified atom stereocenters. The van der Waals surface area contributed by atoms with Gasteiger partial charge in [0, 0.05) is 23.0 Å². The van der Waals surface area contributed by atoms with Crippen LogP contribution in [0.1, 0.15) is 10.5 Å². The third-order valence-corrected chi connectivity index (χ3v) is 3.63. The SMILES string of the molecule is Cn1c(C(=O)Nc2cc(Cl)ccc2O)cc2ccccc21. The quantitative estimate of drug-likeness (QED) is 0.708. The number of hydrogen-bond donors (Lipinski definition) is 2. The number of halogens is 1. The lowest BCUT2D eigenvalue weighted by molar-refractivity contribution is 0.101. The minimum atomic E-state index is -0.300. The Morgan fingerprint density at radius 1 is 1.19 bits per heavy atom. The van der Waals surface area contributed by atoms with Crippen LogP contribution in [0.5, 0.6) is 5.75 Å². The van der Waals surface area contributed by atoms with E-state index in [0.717, 1.165) is 10.9 Å². The second-order valence-corrected chi connectivity index (χ2v) is 5.20. The molecular weight excluding hydrogens is 288 g/mol. The Balaban J connectivity index is 1.97. The molecule has 2 aromatic carbocycles. The summed E-state index contributed by atoms with van der Waals surface area (Å²) in [7, 11) is 1.83. The molecule has 21 heavy (non-hydrogen) atoms. The molecule has 0 saturated heterocycles. The fourth-order valence-electron chi connectivity index (χ4n) is 2.30. The Bertz CT molecular complexity index is 839. The van der Waals surface area contributed by atoms with E-state index < -0.39 is 0 Å². The highest BCUT2D eigenvalue weighted by atomic mass is 35.5. The monoisotopic (exact) mass is 300 g/mol. The van der Waals surface area contributed by atoms with Crippen molar-refractivity contribution in [2.45, 2.75) is 0 Å². The average molecular weight is 301 g/mol. The molecule has 3 aromatic rings. The van der Waals surface area contributed by atoms with Crippen LogP contribution in [0.3, 0.4) is 0 Å². The smallest absolute Gasteiger partial charge is 0.272 e. The summed E-state index contributed by atoms with van der Waals surface area (Å²) in [6, 6.07) is 14.1. The molecule has 1 amide bonds. The van der Waals surface area contributed by atoms with Crippen LogP contribution in [0.15, 0.2) is 48.5 Å². The van der Waals surface area contributed by atoms with Gasteiger partial charge in [0.15, 0.2) is 0 Å². The highest BCUT2D eigenvalue weighted by Crippen LogP contribution is 2.27. The first-order valence-corrected chi connectivity index (χ1v) is 6.78. The summed E-state index contributed by atoms with van der Waals surface area (Å²) in [5.74, 6) is -0.321. The molecule has 0 aliphatic heterocycles. The predicted molar refractivity (Wildman–Crippen MR) is 84.0 cm³/mol. The molecule has 106 valence electrons. The van der Waals surface area contributed by atoms with Gasteiger partial charge in [-0.3, -0.25) is 4.79 Å². The lowest BCUT2D eigenvalue weighted by Crippen LogP contribution is -2.15. The Hall–Kier alpha value is -2.46. The van der Waals surface area contributed by atoms with Gasteiger partial charge in [-0.1, -0.05) is 29.8 Å². The van der Waals surface area contributed by atoms with Gasteiger partial charge in [-0.15, -0.1) is 0 Å². The standard InChI is InChI=1S/C16H13ClN2O2/c1-19-13-5-3-2-4-10(13)8-14(19)16(21)18-12-9-11(17)6-7-15(12)20/h2-9,20H,1H3,(H,18,21). The summed E-state index contributed by atoms with van der Waals surface area (Å²) >= 11 is 5.87. The summed E-state index contributed by atoms with van der Waals surface area (Å²) in [4.78, 5) is 12.4. The molecule has 0 saturated carbocycles. The number of anilines is 1. The number of nitrogens with zero attached hydrogens (tertiary/aromatic N) is 1. The Morgan fingerprint density at radius 3 is 2.71 bits per heavy atom. The van der Waals surface area contributed by atoms with Crippen LogP contribution in [0.4, 0.5) is 5.69 Å². The van der Waals surface area contributed by atoms with Crippen molar-refractivity contribution in [2.75, 3.05) is 5.32 Å². The topological polar surface area (TPSA) is 54.3 Å². The first-order chi connectivity index (χ1) is 10.1. The minimum absolute atomic E-state index is 0.0217. The minimum Gasteiger partial charge on any atom is -0.506 e. The number of fused-ring (bicyclic) bond motifs is 1. The number of aromatic nitrogens is 1. The van der Waals surface area contributed by atoms with Crippen molar-refractivity contribution in [2.24, 2.45) is 7.05 Å². The van der Waals surface area contributed by atoms with Crippen molar-refractivity contribution < 1.29 is 9.90 Å². The second kappa shape index (κ2) is 5.14. The van der Waals surface area contributed by atoms with Gasteiger partial charge in [0.1, 0.15) is 11.4 Å². The number of benzene rings is 2. The van der Waals surface area contributed by atoms with Crippen LogP contribution in [-0.2, 0) is 7.05 Å². The van der Waals surface area contributed by atoms with Gasteiger partial charge < -0.3 is 15.0 Å². The number of carbonyl (C=O) groups is 1. The van der Waals surface area contributed by atoms with E-state index >= 15 is 0 Å². The highest BCUT2D eigenvalue weighted by molar-refractivity contribution is 6.31. The van der Waals surface area contributed by atoms with Crippen molar-refractivity contribution >= 4 is 34.1 Å². The van der Waals surface area contributed by atoms with Gasteiger partial charge in [0.2, 0.25) is 0 Å². The van der Waals surface area contributed by atoms with Gasteiger partial charge in [0.05, 0.1) is 5.69 Å². The number of carbonyl (C=O) groups excluding carboxylic acids is 1. The number of aromatic hydroxyl groups is 1. The lowest BCUT2D eigenvalue weighted by Gasteiger charge is -2.08. The summed E-state index contributed by atoms with van der Waals surface area (Å²) in [5, 5.41) is 13.9. The number of nitrogens with one attached hydrogen (secondary N) is 1. The van der Waals surface area contributed by atoms with Crippen LogP contribution in [0.2, 0.25) is 5.02 Å². The Labute approximate surface area is 126 Å². The number of phenolic OH excluding ortho intramolecular Hbond substituents is 1. The maximum absolute atomic E-state index is 12.4. The predicted octanol–water partition coefficient (Wildman–Crippen LogP) is 3.79. The molecule has 0 spiro atoms. The van der Waals surface area contributed by atoms with Crippen molar-refractivity contribution in [3.63, 3.8) is 0 Å². The molecule has 0 atom stereocenters. The van der Waals surface area contributed by atoms with E-state index in [1.54, 1.807) is 6.07 Å². The largest absolute Gasteiger partial charge is 0.506 e. The fourth-order valence-corrected chi connectivity index (χ4v) is 2.47. The van der Waals surface area contributed by atoms with Crippen LogP contribution in [0.25, 0.3) is 10.9 Å². The fraction of sp³-hybridized carbons (Fsp3) is 0.0625. The second-order valence-electron chi connectivity index (χ2n) is 4.76. The molecule has 0 aliphatic carbocycles. The summed E-state index contributed by atoms with van der Waals surface area (Å²) in [5.41, 5.74) is 1.77. The lowest BCUT2D eigenvalue weighted by atomic mass is 10.2. The van der Waals surface area contributed by atoms with Crippen LogP contribution in [-0.4, -0.2) is 15.6 Å². The molecule has 0 bridgehead atoms. The van der Waals surface area contributed by atoms with E-state index in [9.17, 15) is 9.90 Å². The van der Waals surface area contributed by atoms with Gasteiger partial charge >= 0.3 is 0 Å². The van der Waals surface area contributed by atoms with E-state index in [0.29, 0.717) is 10.7 Å². The molecule has 4 nitrogen and oxygen atoms in total. The molecule has 2 N–H and O–H groups in total. The van der Waals surface area contributed by atoms with Crippen molar-refractivity contribution in [1.29, 1.82) is 0 Å². The van der Waals surface area contributed by atoms with Crippen LogP contribution in [0, 0.1) is 0 Å². The Kier molecular flexibility index (Phi) is 3.31. The molecule has 0 aliphatic rings. The molecule has 0 fully saturated rings. The first-order valence-electron chi connectivity index (χ1n) is 6.40. The summed E-state index contributed by atoms with van der Waals surface area (Å²) in [6.45, 7) is 0. The van der Waals surface area contributed by atoms with Crippen molar-refractivity contribution in [1.82, 2.24) is 4.57 Å². The van der Waals surface area contributed by atoms with Gasteiger partial charge in [-0.25, -0.2) is 0 Å². The number of amides is 1. The van der Waals surface area contributed by atoms with Gasteiger partial charge in [0.25, 0.3) is 5.91 Å². The molecule has 1 aromatic heterocycles. The zero-order valence-electron chi connectivity index (χ0n) is 11.3. The molecule has 1 heterocycles. The van der Waals surface area contributed by atoms with E-state index in [-0.39, 0.29) is 17.3 Å². The van der Waals surface area contributed by atoms with Gasteiger partial charge in [-0.2, -0.15) is 0 Å². The number of phenols is 1. The van der Waals surface area contributed by atoms with E-state index in [2.05, 4.69) is 5.32 Å². The molecular formula is C16H13ClN2O2. The van der Waals surface area contributed by atoms with Crippen molar-refractivity contribution in [3.05, 3.63) is 59.2 Å². The van der Waals surface area contributed by atoms with Gasteiger partial charge in [-0.05, 0) is 30.3 Å². The number of aryl methyl sites for hydroxylation is 1. The van der Waals surface area contributed by atoms with E-state index in [4.69, 9.17) is 11.6 Å². The maximum Gasteiger partial charge on any atom is 0.272 e. The molecule has 0 radical (unpaired) electrons. The van der Waals surface area contributed by atoms with E-state index in [1.165, 1.54) is 12.1 Å². The van der Waals surface area contributed by atoms with E-state index in [1.807, 2.05) is 41.9 Å². The first kappa shape index (κ1) is 13.5. The third-order valence-electron chi connectivity index (χ3n) is 3.39. The summed E-state index contributed by atoms with van der Waals surface area (Å²) in [6.07, 6.45) is 0. The average Bonchev–Trinajstić information content (AvgIpc) is 2.81. The summed E-state index contributed by atoms with van der Waals surface area (Å²) < 4.78 is 1.81. The normalized spacial score (nSPS) is 10.8. The third kappa shape index (κ3) is 2.45. The van der Waals surface area contributed by atoms with Crippen LogP contribution < -0.4 is 5.32 Å².